The van der Waals surface area contributed by atoms with Gasteiger partial charge < -0.3 is 25.5 Å². The molecule has 0 aromatic heterocycles. The molecule has 0 fully saturated rings. The molecule has 0 aliphatic heterocycles. The van der Waals surface area contributed by atoms with Crippen LogP contribution in [0.3, 0.4) is 0 Å². The number of thiocarbonyl (C=S) groups is 1. The Morgan fingerprint density at radius 3 is 2.16 bits per heavy atom. The van der Waals surface area contributed by atoms with Crippen LogP contribution in [0, 0.1) is 5.41 Å². The first-order chi connectivity index (χ1) is 8.90. The first-order valence-electron chi connectivity index (χ1n) is 5.50. The maximum atomic E-state index is 11.4. The molecule has 4 unspecified atom stereocenters. The minimum Gasteiger partial charge on any atom is -0.394 e. The second-order valence-electron chi connectivity index (χ2n) is 3.91. The van der Waals surface area contributed by atoms with E-state index in [2.05, 4.69) is 12.2 Å². The zero-order valence-electron chi connectivity index (χ0n) is 10.1. The highest BCUT2D eigenvalue weighted by Gasteiger charge is 2.35. The standard InChI is InChI=1S/C10H16O6.CHNS/c11-4-6(12)8(14)10(16)9(15)7(13)5-2-1-3-5;2-1-3/h2,6,8-12,14-16H,1,3-4H2;2H. The summed E-state index contributed by atoms with van der Waals surface area (Å²) in [6.07, 6.45) is -4.00. The van der Waals surface area contributed by atoms with E-state index in [0.717, 1.165) is 6.42 Å². The minimum atomic E-state index is -1.81. The van der Waals surface area contributed by atoms with Gasteiger partial charge >= 0.3 is 0 Å². The van der Waals surface area contributed by atoms with Crippen LogP contribution in [0.25, 0.3) is 0 Å². The predicted molar refractivity (Wildman–Crippen MR) is 68.8 cm³/mol. The molecule has 0 saturated heterocycles. The van der Waals surface area contributed by atoms with Gasteiger partial charge in [0.1, 0.15) is 24.4 Å². The van der Waals surface area contributed by atoms with Gasteiger partial charge in [0.2, 0.25) is 0 Å². The lowest BCUT2D eigenvalue weighted by Crippen LogP contribution is -2.49. The molecular weight excluding hydrogens is 274 g/mol. The highest BCUT2D eigenvalue weighted by Crippen LogP contribution is 2.21. The summed E-state index contributed by atoms with van der Waals surface area (Å²) in [5.74, 6) is -0.650. The topological polar surface area (TPSA) is 142 Å². The molecule has 0 aromatic carbocycles. The van der Waals surface area contributed by atoms with Crippen molar-refractivity contribution in [2.24, 2.45) is 0 Å². The van der Waals surface area contributed by atoms with E-state index < -0.39 is 36.8 Å². The number of hydrogen-bond donors (Lipinski definition) is 6. The molecule has 1 rings (SSSR count). The van der Waals surface area contributed by atoms with Crippen molar-refractivity contribution in [3.63, 3.8) is 0 Å². The summed E-state index contributed by atoms with van der Waals surface area (Å²) in [5, 5.41) is 53.1. The molecule has 1 aliphatic carbocycles. The van der Waals surface area contributed by atoms with E-state index in [1.165, 1.54) is 0 Å². The Hall–Kier alpha value is -0.990. The first kappa shape index (κ1) is 18.0. The van der Waals surface area contributed by atoms with Gasteiger partial charge in [0.15, 0.2) is 5.78 Å². The van der Waals surface area contributed by atoms with E-state index in [1.54, 1.807) is 11.2 Å². The van der Waals surface area contributed by atoms with Crippen molar-refractivity contribution in [2.75, 3.05) is 6.61 Å². The number of hydrogen-bond acceptors (Lipinski definition) is 8. The maximum absolute atomic E-state index is 11.4. The quantitative estimate of drug-likeness (QED) is 0.255. The lowest BCUT2D eigenvalue weighted by Gasteiger charge is -2.26. The number of nitrogens with one attached hydrogen (secondary N) is 1. The molecule has 0 radical (unpaired) electrons. The molecule has 0 saturated carbocycles. The number of carbonyl (C=O) groups excluding carboxylic acids is 1. The number of carbonyl (C=O) groups is 1. The molecule has 1 aliphatic rings. The van der Waals surface area contributed by atoms with E-state index in [9.17, 15) is 20.1 Å². The molecular formula is C11H17NO6S. The fraction of sp³-hybridized carbons (Fsp3) is 0.636. The van der Waals surface area contributed by atoms with Gasteiger partial charge in [-0.1, -0.05) is 6.08 Å². The normalized spacial score (nSPS) is 19.5. The molecule has 7 nitrogen and oxygen atoms in total. The molecule has 0 spiro atoms. The average Bonchev–Trinajstić information content (AvgIpc) is 2.33. The third-order valence-corrected chi connectivity index (χ3v) is 2.64. The van der Waals surface area contributed by atoms with Crippen molar-refractivity contribution >= 4 is 23.2 Å². The molecule has 0 amide bonds. The molecule has 0 heterocycles. The van der Waals surface area contributed by atoms with E-state index >= 15 is 0 Å². The van der Waals surface area contributed by atoms with Crippen LogP contribution >= 0.6 is 12.2 Å². The Labute approximate surface area is 115 Å². The molecule has 0 aromatic rings. The smallest absolute Gasteiger partial charge is 0.189 e. The molecule has 4 atom stereocenters. The second kappa shape index (κ2) is 9.00. The summed E-state index contributed by atoms with van der Waals surface area (Å²) in [5.41, 5.74) is 0.414. The minimum absolute atomic E-state index is 0.414. The van der Waals surface area contributed by atoms with Crippen molar-refractivity contribution in [1.29, 1.82) is 5.41 Å². The molecule has 19 heavy (non-hydrogen) atoms. The Morgan fingerprint density at radius 1 is 1.37 bits per heavy atom. The Kier molecular flexibility index (Phi) is 8.53. The van der Waals surface area contributed by atoms with Crippen molar-refractivity contribution in [3.8, 4) is 0 Å². The number of Topliss-reactive ketones (excluding diaryl/α,β-unsaturated/α-hetero) is 1. The average molecular weight is 291 g/mol. The number of aliphatic hydroxyl groups is 5. The van der Waals surface area contributed by atoms with Crippen molar-refractivity contribution in [2.45, 2.75) is 37.3 Å². The van der Waals surface area contributed by atoms with Crippen LogP contribution in [0.15, 0.2) is 11.6 Å². The number of aliphatic hydroxyl groups excluding tert-OH is 5. The number of rotatable bonds is 6. The molecule has 8 heteroatoms. The summed E-state index contributed by atoms with van der Waals surface area (Å²) in [4.78, 5) is 11.4. The van der Waals surface area contributed by atoms with E-state index in [-0.39, 0.29) is 0 Å². The summed E-state index contributed by atoms with van der Waals surface area (Å²) < 4.78 is 0. The maximum Gasteiger partial charge on any atom is 0.189 e. The molecule has 6 N–H and O–H groups in total. The lowest BCUT2D eigenvalue weighted by atomic mass is 9.89. The van der Waals surface area contributed by atoms with Gasteiger partial charge in [-0.25, -0.2) is 5.41 Å². The highest BCUT2D eigenvalue weighted by atomic mass is 32.1. The monoisotopic (exact) mass is 291 g/mol. The number of isothiocyanates is 1. The summed E-state index contributed by atoms with van der Waals surface area (Å²) in [6.45, 7) is -0.762. The SMILES string of the molecule is N=C=S.O=C(C1=CCC1)C(O)C(O)C(O)C(O)CO. The zero-order chi connectivity index (χ0) is 15.0. The first-order valence-corrected chi connectivity index (χ1v) is 5.91. The number of ketones is 1. The largest absolute Gasteiger partial charge is 0.394 e. The summed E-state index contributed by atoms with van der Waals surface area (Å²) in [7, 11) is 0. The number of allylic oxidation sites excluding steroid dienone is 1. The van der Waals surface area contributed by atoms with Crippen LogP contribution in [0.4, 0.5) is 0 Å². The second-order valence-corrected chi connectivity index (χ2v) is 4.11. The van der Waals surface area contributed by atoms with Gasteiger partial charge in [-0.3, -0.25) is 4.79 Å². The van der Waals surface area contributed by atoms with E-state index in [1.807, 2.05) is 0 Å². The van der Waals surface area contributed by atoms with Gasteiger partial charge in [0.25, 0.3) is 0 Å². The fourth-order valence-corrected chi connectivity index (χ4v) is 1.38. The van der Waals surface area contributed by atoms with E-state index in [4.69, 9.17) is 15.6 Å². The van der Waals surface area contributed by atoms with Gasteiger partial charge in [0.05, 0.1) is 11.8 Å². The fourth-order valence-electron chi connectivity index (χ4n) is 1.38. The van der Waals surface area contributed by atoms with Crippen molar-refractivity contribution in [1.82, 2.24) is 0 Å². The summed E-state index contributed by atoms with van der Waals surface area (Å²) in [6, 6.07) is 0. The van der Waals surface area contributed by atoms with Gasteiger partial charge in [-0.15, -0.1) is 0 Å². The van der Waals surface area contributed by atoms with Gasteiger partial charge in [0, 0.05) is 0 Å². The highest BCUT2D eigenvalue weighted by molar-refractivity contribution is 7.78. The third kappa shape index (κ3) is 5.25. The van der Waals surface area contributed by atoms with Crippen molar-refractivity contribution < 1.29 is 30.3 Å². The predicted octanol–water partition coefficient (Wildman–Crippen LogP) is -1.62. The van der Waals surface area contributed by atoms with Crippen LogP contribution in [0.5, 0.6) is 0 Å². The van der Waals surface area contributed by atoms with Crippen LogP contribution in [-0.2, 0) is 4.79 Å². The Balaban J connectivity index is 0.000000982. The third-order valence-electron chi connectivity index (χ3n) is 2.64. The van der Waals surface area contributed by atoms with E-state index in [0.29, 0.717) is 12.0 Å². The zero-order valence-corrected chi connectivity index (χ0v) is 10.9. The van der Waals surface area contributed by atoms with Gasteiger partial charge in [-0.05, 0) is 30.6 Å². The summed E-state index contributed by atoms with van der Waals surface area (Å²) >= 11 is 3.81. The van der Waals surface area contributed by atoms with Crippen molar-refractivity contribution in [3.05, 3.63) is 11.6 Å². The Bertz CT molecular complexity index is 366. The van der Waals surface area contributed by atoms with Gasteiger partial charge in [-0.2, -0.15) is 0 Å². The lowest BCUT2D eigenvalue weighted by molar-refractivity contribution is -0.144. The van der Waals surface area contributed by atoms with Crippen LogP contribution < -0.4 is 0 Å². The molecule has 108 valence electrons. The van der Waals surface area contributed by atoms with Crippen LogP contribution in [0.2, 0.25) is 0 Å². The molecule has 0 bridgehead atoms. The van der Waals surface area contributed by atoms with Crippen LogP contribution in [0.1, 0.15) is 12.8 Å². The van der Waals surface area contributed by atoms with Crippen LogP contribution in [-0.4, -0.2) is 67.5 Å². The Morgan fingerprint density at radius 2 is 1.84 bits per heavy atom.